The minimum atomic E-state index is -1.23. The summed E-state index contributed by atoms with van der Waals surface area (Å²) in [6.45, 7) is 3.41. The molecule has 106 valence electrons. The molecule has 2 N–H and O–H groups in total. The number of hydrogen-bond acceptors (Lipinski definition) is 4. The van der Waals surface area contributed by atoms with E-state index < -0.39 is 11.5 Å². The van der Waals surface area contributed by atoms with Crippen molar-refractivity contribution in [3.8, 4) is 0 Å². The molecule has 1 atom stereocenters. The Kier molecular flexibility index (Phi) is 6.49. The number of carbonyl (C=O) groups is 1. The second kappa shape index (κ2) is 7.89. The van der Waals surface area contributed by atoms with E-state index in [2.05, 4.69) is 5.32 Å². The Balaban J connectivity index is 2.74. The van der Waals surface area contributed by atoms with Gasteiger partial charge in [-0.15, -0.1) is 0 Å². The fourth-order valence-corrected chi connectivity index (χ4v) is 1.80. The number of carboxylic acid groups (broad SMARTS) is 1. The van der Waals surface area contributed by atoms with Crippen LogP contribution >= 0.6 is 0 Å². The first-order valence-corrected chi connectivity index (χ1v) is 6.30. The highest BCUT2D eigenvalue weighted by atomic mass is 16.5. The number of likely N-dealkylation sites (N-methyl/N-ethyl adjacent to an activating group) is 1. The van der Waals surface area contributed by atoms with E-state index in [-0.39, 0.29) is 6.61 Å². The van der Waals surface area contributed by atoms with E-state index in [9.17, 15) is 9.90 Å². The van der Waals surface area contributed by atoms with Gasteiger partial charge in [-0.2, -0.15) is 0 Å². The van der Waals surface area contributed by atoms with E-state index in [1.165, 1.54) is 0 Å². The fourth-order valence-electron chi connectivity index (χ4n) is 1.80. The molecule has 0 heterocycles. The average Bonchev–Trinajstić information content (AvgIpc) is 2.44. The zero-order valence-electron chi connectivity index (χ0n) is 11.4. The van der Waals surface area contributed by atoms with Crippen LogP contribution in [0.3, 0.4) is 0 Å². The summed E-state index contributed by atoms with van der Waals surface area (Å²) in [6, 6.07) is 9.02. The molecule has 0 aliphatic carbocycles. The second-order valence-corrected chi connectivity index (χ2v) is 4.08. The number of aliphatic carboxylic acids is 1. The highest BCUT2D eigenvalue weighted by Gasteiger charge is 2.39. The van der Waals surface area contributed by atoms with Gasteiger partial charge in [0.2, 0.25) is 0 Å². The number of carboxylic acids is 1. The third kappa shape index (κ3) is 4.02. The van der Waals surface area contributed by atoms with Crippen molar-refractivity contribution >= 4 is 5.97 Å². The standard InChI is InChI=1S/C14H21NO4/c1-3-18-9-10-19-11-14(15-2,13(16)17)12-7-5-4-6-8-12/h4-8,15H,3,9-11H2,1-2H3,(H,16,17). The van der Waals surface area contributed by atoms with Crippen molar-refractivity contribution in [2.75, 3.05) is 33.5 Å². The second-order valence-electron chi connectivity index (χ2n) is 4.08. The van der Waals surface area contributed by atoms with Crippen LogP contribution in [-0.2, 0) is 19.8 Å². The van der Waals surface area contributed by atoms with Gasteiger partial charge in [0.15, 0.2) is 5.54 Å². The molecule has 0 amide bonds. The number of hydrogen-bond donors (Lipinski definition) is 2. The molecule has 1 aromatic rings. The van der Waals surface area contributed by atoms with E-state index in [1.807, 2.05) is 25.1 Å². The van der Waals surface area contributed by atoms with Crippen molar-refractivity contribution in [1.82, 2.24) is 5.32 Å². The van der Waals surface area contributed by atoms with Crippen molar-refractivity contribution < 1.29 is 19.4 Å². The van der Waals surface area contributed by atoms with Gasteiger partial charge in [-0.3, -0.25) is 5.32 Å². The summed E-state index contributed by atoms with van der Waals surface area (Å²) >= 11 is 0. The zero-order valence-corrected chi connectivity index (χ0v) is 11.4. The summed E-state index contributed by atoms with van der Waals surface area (Å²) in [6.07, 6.45) is 0. The van der Waals surface area contributed by atoms with Crippen molar-refractivity contribution in [2.45, 2.75) is 12.5 Å². The van der Waals surface area contributed by atoms with Crippen LogP contribution in [-0.4, -0.2) is 44.6 Å². The molecule has 0 spiro atoms. The van der Waals surface area contributed by atoms with Crippen LogP contribution in [0.25, 0.3) is 0 Å². The van der Waals surface area contributed by atoms with Crippen LogP contribution in [0.2, 0.25) is 0 Å². The number of benzene rings is 1. The Morgan fingerprint density at radius 3 is 2.42 bits per heavy atom. The van der Waals surface area contributed by atoms with Gasteiger partial charge in [0.05, 0.1) is 19.8 Å². The summed E-state index contributed by atoms with van der Waals surface area (Å²) in [4.78, 5) is 11.6. The topological polar surface area (TPSA) is 67.8 Å². The van der Waals surface area contributed by atoms with Gasteiger partial charge in [-0.1, -0.05) is 30.3 Å². The van der Waals surface area contributed by atoms with E-state index in [0.717, 1.165) is 0 Å². The normalized spacial score (nSPS) is 14.0. The molecular weight excluding hydrogens is 246 g/mol. The average molecular weight is 267 g/mol. The fraction of sp³-hybridized carbons (Fsp3) is 0.500. The number of nitrogens with one attached hydrogen (secondary N) is 1. The highest BCUT2D eigenvalue weighted by molar-refractivity contribution is 5.81. The molecule has 1 rings (SSSR count). The lowest BCUT2D eigenvalue weighted by atomic mass is 9.91. The lowest BCUT2D eigenvalue weighted by Gasteiger charge is -2.29. The molecule has 5 heteroatoms. The molecule has 1 aromatic carbocycles. The van der Waals surface area contributed by atoms with Gasteiger partial charge >= 0.3 is 5.97 Å². The maximum Gasteiger partial charge on any atom is 0.330 e. The molecule has 0 radical (unpaired) electrons. The van der Waals surface area contributed by atoms with E-state index in [1.54, 1.807) is 19.2 Å². The first kappa shape index (κ1) is 15.6. The molecule has 0 bridgehead atoms. The van der Waals surface area contributed by atoms with E-state index in [0.29, 0.717) is 25.4 Å². The summed E-state index contributed by atoms with van der Waals surface area (Å²) in [7, 11) is 1.62. The Labute approximate surface area is 113 Å². The molecule has 0 aromatic heterocycles. The first-order chi connectivity index (χ1) is 9.17. The van der Waals surface area contributed by atoms with Crippen LogP contribution < -0.4 is 5.32 Å². The van der Waals surface area contributed by atoms with Gasteiger partial charge < -0.3 is 14.6 Å². The maximum atomic E-state index is 11.6. The highest BCUT2D eigenvalue weighted by Crippen LogP contribution is 2.21. The SMILES string of the molecule is CCOCCOCC(NC)(C(=O)O)c1ccccc1. The molecule has 19 heavy (non-hydrogen) atoms. The predicted octanol–water partition coefficient (Wildman–Crippen LogP) is 1.24. The van der Waals surface area contributed by atoms with Crippen molar-refractivity contribution in [3.63, 3.8) is 0 Å². The van der Waals surface area contributed by atoms with Crippen LogP contribution in [0.15, 0.2) is 30.3 Å². The van der Waals surface area contributed by atoms with Crippen LogP contribution in [0, 0.1) is 0 Å². The Morgan fingerprint density at radius 1 is 1.26 bits per heavy atom. The molecule has 5 nitrogen and oxygen atoms in total. The van der Waals surface area contributed by atoms with Gasteiger partial charge in [0.25, 0.3) is 0 Å². The van der Waals surface area contributed by atoms with Gasteiger partial charge in [-0.25, -0.2) is 4.79 Å². The molecule has 0 fully saturated rings. The van der Waals surface area contributed by atoms with Crippen molar-refractivity contribution in [1.29, 1.82) is 0 Å². The summed E-state index contributed by atoms with van der Waals surface area (Å²) in [5, 5.41) is 12.4. The summed E-state index contributed by atoms with van der Waals surface area (Å²) in [5.74, 6) is -0.961. The molecule has 1 unspecified atom stereocenters. The maximum absolute atomic E-state index is 11.6. The third-order valence-corrected chi connectivity index (χ3v) is 2.95. The van der Waals surface area contributed by atoms with E-state index >= 15 is 0 Å². The lowest BCUT2D eigenvalue weighted by Crippen LogP contribution is -2.51. The lowest BCUT2D eigenvalue weighted by molar-refractivity contribution is -0.148. The Morgan fingerprint density at radius 2 is 1.89 bits per heavy atom. The zero-order chi connectivity index (χ0) is 14.1. The summed E-state index contributed by atoms with van der Waals surface area (Å²) in [5.41, 5.74) is -0.561. The smallest absolute Gasteiger partial charge is 0.330 e. The first-order valence-electron chi connectivity index (χ1n) is 6.30. The van der Waals surface area contributed by atoms with Crippen LogP contribution in [0.5, 0.6) is 0 Å². The predicted molar refractivity (Wildman–Crippen MR) is 72.1 cm³/mol. The number of rotatable bonds is 9. The minimum absolute atomic E-state index is 0.0515. The molecule has 0 aliphatic rings. The minimum Gasteiger partial charge on any atom is -0.480 e. The molecule has 0 aliphatic heterocycles. The third-order valence-electron chi connectivity index (χ3n) is 2.95. The number of ether oxygens (including phenoxy) is 2. The van der Waals surface area contributed by atoms with Crippen molar-refractivity contribution in [3.05, 3.63) is 35.9 Å². The quantitative estimate of drug-likeness (QED) is 0.659. The molecule has 0 saturated heterocycles. The summed E-state index contributed by atoms with van der Waals surface area (Å²) < 4.78 is 10.6. The Hall–Kier alpha value is -1.43. The van der Waals surface area contributed by atoms with Gasteiger partial charge in [0.1, 0.15) is 0 Å². The van der Waals surface area contributed by atoms with Crippen LogP contribution in [0.4, 0.5) is 0 Å². The van der Waals surface area contributed by atoms with Crippen molar-refractivity contribution in [2.24, 2.45) is 0 Å². The van der Waals surface area contributed by atoms with Gasteiger partial charge in [-0.05, 0) is 19.5 Å². The Bertz CT molecular complexity index is 382. The van der Waals surface area contributed by atoms with Gasteiger partial charge in [0, 0.05) is 6.61 Å². The monoisotopic (exact) mass is 267 g/mol. The van der Waals surface area contributed by atoms with E-state index in [4.69, 9.17) is 9.47 Å². The molecular formula is C14H21NO4. The molecule has 0 saturated carbocycles. The largest absolute Gasteiger partial charge is 0.480 e. The van der Waals surface area contributed by atoms with Crippen LogP contribution in [0.1, 0.15) is 12.5 Å².